The molecule has 1 N–H and O–H groups in total. The normalized spacial score (nSPS) is 13.4. The van der Waals surface area contributed by atoms with Gasteiger partial charge >= 0.3 is 5.97 Å². The molecule has 0 saturated heterocycles. The number of sulfone groups is 1. The Morgan fingerprint density at radius 2 is 2.06 bits per heavy atom. The first-order chi connectivity index (χ1) is 7.71. The standard InChI is InChI=1S/C11H13BrO4S/c1-7(11(13)14)5-8-3-4-10(9(12)6-8)17(2,15)16/h3-4,6-7H,5H2,1-2H3,(H,13,14). The summed E-state index contributed by atoms with van der Waals surface area (Å²) in [7, 11) is -3.26. The Bertz CT molecular complexity index is 536. The number of benzene rings is 1. The average molecular weight is 321 g/mol. The van der Waals surface area contributed by atoms with Gasteiger partial charge < -0.3 is 5.11 Å². The fourth-order valence-corrected chi connectivity index (χ4v) is 3.45. The van der Waals surface area contributed by atoms with Gasteiger partial charge in [0.05, 0.1) is 10.8 Å². The van der Waals surface area contributed by atoms with Crippen LogP contribution in [0.3, 0.4) is 0 Å². The third-order valence-corrected chi connectivity index (χ3v) is 4.43. The van der Waals surface area contributed by atoms with Crippen LogP contribution >= 0.6 is 15.9 Å². The van der Waals surface area contributed by atoms with Crippen LogP contribution in [-0.4, -0.2) is 25.7 Å². The zero-order chi connectivity index (χ0) is 13.2. The van der Waals surface area contributed by atoms with Crippen molar-refractivity contribution in [1.82, 2.24) is 0 Å². The summed E-state index contributed by atoms with van der Waals surface area (Å²) in [6.45, 7) is 1.61. The second-order valence-electron chi connectivity index (χ2n) is 3.98. The van der Waals surface area contributed by atoms with Gasteiger partial charge in [0.1, 0.15) is 0 Å². The predicted molar refractivity (Wildman–Crippen MR) is 67.8 cm³/mol. The summed E-state index contributed by atoms with van der Waals surface area (Å²) in [6.07, 6.45) is 1.50. The average Bonchev–Trinajstić information content (AvgIpc) is 2.15. The summed E-state index contributed by atoms with van der Waals surface area (Å²) in [5.74, 6) is -1.36. The summed E-state index contributed by atoms with van der Waals surface area (Å²) >= 11 is 3.18. The highest BCUT2D eigenvalue weighted by atomic mass is 79.9. The van der Waals surface area contributed by atoms with Crippen molar-refractivity contribution in [2.45, 2.75) is 18.2 Å². The molecule has 0 aromatic heterocycles. The molecule has 0 spiro atoms. The lowest BCUT2D eigenvalue weighted by atomic mass is 10.0. The fraction of sp³-hybridized carbons (Fsp3) is 0.364. The molecule has 1 rings (SSSR count). The molecule has 0 aliphatic rings. The summed E-state index contributed by atoms with van der Waals surface area (Å²) in [6, 6.07) is 4.78. The summed E-state index contributed by atoms with van der Waals surface area (Å²) in [5.41, 5.74) is 0.791. The first-order valence-corrected chi connectivity index (χ1v) is 7.61. The number of rotatable bonds is 4. The topological polar surface area (TPSA) is 71.4 Å². The van der Waals surface area contributed by atoms with Crippen molar-refractivity contribution in [3.05, 3.63) is 28.2 Å². The third-order valence-electron chi connectivity index (χ3n) is 2.36. The quantitative estimate of drug-likeness (QED) is 0.922. The first kappa shape index (κ1) is 14.2. The summed E-state index contributed by atoms with van der Waals surface area (Å²) in [4.78, 5) is 10.9. The molecule has 17 heavy (non-hydrogen) atoms. The minimum absolute atomic E-state index is 0.212. The Morgan fingerprint density at radius 3 is 2.47 bits per heavy atom. The maximum absolute atomic E-state index is 11.4. The highest BCUT2D eigenvalue weighted by Gasteiger charge is 2.15. The maximum atomic E-state index is 11.4. The second-order valence-corrected chi connectivity index (χ2v) is 6.82. The van der Waals surface area contributed by atoms with Gasteiger partial charge in [-0.1, -0.05) is 13.0 Å². The minimum atomic E-state index is -3.26. The van der Waals surface area contributed by atoms with Gasteiger partial charge in [-0.05, 0) is 40.0 Å². The molecule has 1 aromatic rings. The van der Waals surface area contributed by atoms with Crippen molar-refractivity contribution >= 4 is 31.7 Å². The van der Waals surface area contributed by atoms with E-state index in [1.165, 1.54) is 6.07 Å². The van der Waals surface area contributed by atoms with Gasteiger partial charge in [0.2, 0.25) is 0 Å². The molecule has 0 amide bonds. The van der Waals surface area contributed by atoms with Crippen molar-refractivity contribution in [1.29, 1.82) is 0 Å². The molecule has 94 valence electrons. The lowest BCUT2D eigenvalue weighted by molar-refractivity contribution is -0.141. The van der Waals surface area contributed by atoms with E-state index < -0.39 is 21.7 Å². The van der Waals surface area contributed by atoms with Crippen LogP contribution in [0.25, 0.3) is 0 Å². The minimum Gasteiger partial charge on any atom is -0.481 e. The van der Waals surface area contributed by atoms with E-state index in [0.717, 1.165) is 11.8 Å². The van der Waals surface area contributed by atoms with Crippen molar-refractivity contribution in [3.8, 4) is 0 Å². The van der Waals surface area contributed by atoms with Crippen molar-refractivity contribution in [3.63, 3.8) is 0 Å². The lowest BCUT2D eigenvalue weighted by Crippen LogP contribution is -2.12. The van der Waals surface area contributed by atoms with Gasteiger partial charge in [-0.2, -0.15) is 0 Å². The lowest BCUT2D eigenvalue weighted by Gasteiger charge is -2.08. The third kappa shape index (κ3) is 3.81. The first-order valence-electron chi connectivity index (χ1n) is 4.93. The maximum Gasteiger partial charge on any atom is 0.306 e. The molecule has 0 aliphatic carbocycles. The Labute approximate surface area is 109 Å². The molecule has 0 heterocycles. The Morgan fingerprint density at radius 1 is 1.47 bits per heavy atom. The van der Waals surface area contributed by atoms with Gasteiger partial charge in [0.15, 0.2) is 9.84 Å². The number of hydrogen-bond acceptors (Lipinski definition) is 3. The summed E-state index contributed by atoms with van der Waals surface area (Å²) < 4.78 is 23.2. The number of carboxylic acid groups (broad SMARTS) is 1. The van der Waals surface area contributed by atoms with E-state index in [9.17, 15) is 13.2 Å². The van der Waals surface area contributed by atoms with Crippen molar-refractivity contribution in [2.75, 3.05) is 6.26 Å². The van der Waals surface area contributed by atoms with Gasteiger partial charge in [-0.3, -0.25) is 4.79 Å². The highest BCUT2D eigenvalue weighted by molar-refractivity contribution is 9.10. The molecular formula is C11H13BrO4S. The smallest absolute Gasteiger partial charge is 0.306 e. The molecule has 1 atom stereocenters. The van der Waals surface area contributed by atoms with Gasteiger partial charge in [0, 0.05) is 10.7 Å². The van der Waals surface area contributed by atoms with E-state index in [4.69, 9.17) is 5.11 Å². The molecule has 0 bridgehead atoms. The van der Waals surface area contributed by atoms with E-state index in [2.05, 4.69) is 15.9 Å². The molecule has 1 aromatic carbocycles. The van der Waals surface area contributed by atoms with Crippen LogP contribution in [0.2, 0.25) is 0 Å². The van der Waals surface area contributed by atoms with Crippen LogP contribution in [0.1, 0.15) is 12.5 Å². The van der Waals surface area contributed by atoms with Gasteiger partial charge in [0.25, 0.3) is 0 Å². The monoisotopic (exact) mass is 320 g/mol. The van der Waals surface area contributed by atoms with Gasteiger partial charge in [-0.25, -0.2) is 8.42 Å². The molecule has 0 radical (unpaired) electrons. The number of carboxylic acids is 1. The molecule has 0 saturated carbocycles. The number of carbonyl (C=O) groups is 1. The highest BCUT2D eigenvalue weighted by Crippen LogP contribution is 2.24. The van der Waals surface area contributed by atoms with E-state index in [1.807, 2.05) is 0 Å². The fourth-order valence-electron chi connectivity index (χ4n) is 1.41. The van der Waals surface area contributed by atoms with Crippen LogP contribution < -0.4 is 0 Å². The van der Waals surface area contributed by atoms with Gasteiger partial charge in [-0.15, -0.1) is 0 Å². The van der Waals surface area contributed by atoms with Crippen LogP contribution in [0.4, 0.5) is 0 Å². The van der Waals surface area contributed by atoms with Crippen LogP contribution in [0, 0.1) is 5.92 Å². The molecule has 6 heteroatoms. The number of aliphatic carboxylic acids is 1. The van der Waals surface area contributed by atoms with Crippen LogP contribution in [-0.2, 0) is 21.1 Å². The Kier molecular flexibility index (Phi) is 4.32. The summed E-state index contributed by atoms with van der Waals surface area (Å²) in [5, 5.41) is 8.79. The van der Waals surface area contributed by atoms with Crippen LogP contribution in [0.15, 0.2) is 27.6 Å². The van der Waals surface area contributed by atoms with E-state index >= 15 is 0 Å². The SMILES string of the molecule is CC(Cc1ccc(S(C)(=O)=O)c(Br)c1)C(=O)O. The predicted octanol–water partition coefficient (Wildman–Crippen LogP) is 2.12. The van der Waals surface area contributed by atoms with E-state index in [-0.39, 0.29) is 4.90 Å². The molecule has 4 nitrogen and oxygen atoms in total. The molecule has 0 fully saturated rings. The Hall–Kier alpha value is -0.880. The molecule has 0 aliphatic heterocycles. The Balaban J connectivity index is 3.02. The molecular weight excluding hydrogens is 308 g/mol. The second kappa shape index (κ2) is 5.18. The largest absolute Gasteiger partial charge is 0.481 e. The molecule has 1 unspecified atom stereocenters. The van der Waals surface area contributed by atoms with Crippen molar-refractivity contribution in [2.24, 2.45) is 5.92 Å². The van der Waals surface area contributed by atoms with E-state index in [0.29, 0.717) is 10.9 Å². The van der Waals surface area contributed by atoms with Crippen LogP contribution in [0.5, 0.6) is 0 Å². The number of halogens is 1. The zero-order valence-electron chi connectivity index (χ0n) is 9.47. The van der Waals surface area contributed by atoms with Crippen molar-refractivity contribution < 1.29 is 18.3 Å². The van der Waals surface area contributed by atoms with E-state index in [1.54, 1.807) is 19.1 Å². The number of hydrogen-bond donors (Lipinski definition) is 1. The zero-order valence-corrected chi connectivity index (χ0v) is 11.9.